The van der Waals surface area contributed by atoms with Gasteiger partial charge in [0.05, 0.1) is 17.6 Å². The molecule has 3 aromatic heterocycles. The van der Waals surface area contributed by atoms with Crippen molar-refractivity contribution in [3.05, 3.63) is 66.1 Å². The number of anilines is 2. The summed E-state index contributed by atoms with van der Waals surface area (Å²) in [6, 6.07) is 5.91. The first-order valence-electron chi connectivity index (χ1n) is 9.16. The van der Waals surface area contributed by atoms with Gasteiger partial charge in [-0.2, -0.15) is 5.10 Å². The van der Waals surface area contributed by atoms with Crippen molar-refractivity contribution < 1.29 is 13.6 Å². The third kappa shape index (κ3) is 3.45. The zero-order chi connectivity index (χ0) is 21.4. The van der Waals surface area contributed by atoms with E-state index >= 15 is 0 Å². The van der Waals surface area contributed by atoms with Gasteiger partial charge in [0.2, 0.25) is 5.91 Å². The van der Waals surface area contributed by atoms with Gasteiger partial charge in [-0.3, -0.25) is 14.8 Å². The first kappa shape index (κ1) is 19.4. The Morgan fingerprint density at radius 2 is 1.93 bits per heavy atom. The summed E-state index contributed by atoms with van der Waals surface area (Å²) in [5, 5.41) is 7.51. The molecular weight excluding hydrogens is 390 g/mol. The second-order valence-electron chi connectivity index (χ2n) is 6.89. The van der Waals surface area contributed by atoms with E-state index in [4.69, 9.17) is 5.73 Å². The average molecular weight is 408 g/mol. The van der Waals surface area contributed by atoms with E-state index in [9.17, 15) is 13.6 Å². The Balaban J connectivity index is 1.80. The maximum atomic E-state index is 14.2. The van der Waals surface area contributed by atoms with Gasteiger partial charge in [-0.15, -0.1) is 0 Å². The van der Waals surface area contributed by atoms with Crippen molar-refractivity contribution in [1.29, 1.82) is 0 Å². The molecule has 152 valence electrons. The monoisotopic (exact) mass is 408 g/mol. The van der Waals surface area contributed by atoms with E-state index in [1.807, 2.05) is 6.92 Å². The van der Waals surface area contributed by atoms with Crippen LogP contribution in [0.1, 0.15) is 18.5 Å². The third-order valence-electron chi connectivity index (χ3n) is 4.84. The lowest BCUT2D eigenvalue weighted by Crippen LogP contribution is -2.24. The van der Waals surface area contributed by atoms with E-state index < -0.39 is 23.6 Å². The molecule has 0 spiro atoms. The molecule has 4 rings (SSSR count). The Labute approximate surface area is 170 Å². The Kier molecular flexibility index (Phi) is 4.86. The highest BCUT2D eigenvalue weighted by molar-refractivity contribution is 5.92. The first-order chi connectivity index (χ1) is 14.3. The average Bonchev–Trinajstić information content (AvgIpc) is 3.16. The molecule has 7 nitrogen and oxygen atoms in total. The number of fused-ring (bicyclic) bond motifs is 1. The molecule has 3 heterocycles. The van der Waals surface area contributed by atoms with Crippen LogP contribution < -0.4 is 11.1 Å². The quantitative estimate of drug-likeness (QED) is 0.522. The minimum absolute atomic E-state index is 0.0605. The first-order valence-corrected chi connectivity index (χ1v) is 9.16. The molecular formula is C21H18F2N6O. The maximum absolute atomic E-state index is 14.2. The fourth-order valence-corrected chi connectivity index (χ4v) is 3.14. The summed E-state index contributed by atoms with van der Waals surface area (Å²) in [5.41, 5.74) is 9.01. The van der Waals surface area contributed by atoms with Gasteiger partial charge in [0.25, 0.3) is 0 Å². The van der Waals surface area contributed by atoms with Crippen molar-refractivity contribution in [2.45, 2.75) is 19.9 Å². The number of amides is 1. The molecule has 30 heavy (non-hydrogen) atoms. The summed E-state index contributed by atoms with van der Waals surface area (Å²) < 4.78 is 29.3. The molecule has 0 radical (unpaired) electrons. The number of aromatic nitrogens is 4. The lowest BCUT2D eigenvalue weighted by Gasteiger charge is -2.15. The van der Waals surface area contributed by atoms with Crippen molar-refractivity contribution >= 4 is 28.3 Å². The number of primary amides is 1. The summed E-state index contributed by atoms with van der Waals surface area (Å²) in [6.45, 7) is 3.48. The van der Waals surface area contributed by atoms with Gasteiger partial charge in [0.1, 0.15) is 28.7 Å². The van der Waals surface area contributed by atoms with Crippen LogP contribution in [0.4, 0.5) is 20.2 Å². The van der Waals surface area contributed by atoms with Crippen LogP contribution in [0.5, 0.6) is 0 Å². The van der Waals surface area contributed by atoms with Crippen LogP contribution in [0, 0.1) is 18.6 Å². The molecule has 0 aliphatic rings. The number of halogens is 2. The van der Waals surface area contributed by atoms with E-state index in [-0.39, 0.29) is 11.3 Å². The van der Waals surface area contributed by atoms with E-state index in [1.165, 1.54) is 4.68 Å². The zero-order valence-electron chi connectivity index (χ0n) is 16.2. The van der Waals surface area contributed by atoms with E-state index in [0.717, 1.165) is 23.8 Å². The number of benzene rings is 1. The van der Waals surface area contributed by atoms with Gasteiger partial charge < -0.3 is 11.1 Å². The van der Waals surface area contributed by atoms with Crippen LogP contribution in [-0.4, -0.2) is 25.7 Å². The molecule has 0 saturated heterocycles. The summed E-state index contributed by atoms with van der Waals surface area (Å²) in [7, 11) is 0. The molecule has 1 atom stereocenters. The Bertz CT molecular complexity index is 1270. The largest absolute Gasteiger partial charge is 0.368 e. The number of rotatable bonds is 5. The number of nitrogens with two attached hydrogens (primary N) is 1. The van der Waals surface area contributed by atoms with Crippen molar-refractivity contribution in [3.63, 3.8) is 0 Å². The lowest BCUT2D eigenvalue weighted by atomic mass is 10.1. The highest BCUT2D eigenvalue weighted by Crippen LogP contribution is 2.31. The van der Waals surface area contributed by atoms with Gasteiger partial charge in [0.15, 0.2) is 0 Å². The highest BCUT2D eigenvalue weighted by atomic mass is 19.1. The Morgan fingerprint density at radius 1 is 1.13 bits per heavy atom. The van der Waals surface area contributed by atoms with Crippen molar-refractivity contribution in [2.24, 2.45) is 5.73 Å². The SMILES string of the molecule is Cc1cnc(-c2cc(F)ccc2F)cc1Nc1ccnc2cnn(C(C)C(N)=O)c12. The number of aryl methyl sites for hydroxylation is 1. The van der Waals surface area contributed by atoms with E-state index in [2.05, 4.69) is 20.4 Å². The minimum Gasteiger partial charge on any atom is -0.368 e. The van der Waals surface area contributed by atoms with Crippen molar-refractivity contribution in [3.8, 4) is 11.3 Å². The molecule has 1 aromatic carbocycles. The summed E-state index contributed by atoms with van der Waals surface area (Å²) in [5.74, 6) is -1.65. The lowest BCUT2D eigenvalue weighted by molar-refractivity contribution is -0.120. The normalized spacial score (nSPS) is 12.1. The standard InChI is InChI=1S/C21H18F2N6O/c1-11-9-26-18(14-7-13(22)3-4-15(14)23)8-17(11)28-16-5-6-25-19-10-27-29(20(16)19)12(2)21(24)30/h3-10,12H,1-2H3,(H2,24,30)(H,25,26,28). The van der Waals surface area contributed by atoms with Crippen molar-refractivity contribution in [1.82, 2.24) is 19.7 Å². The van der Waals surface area contributed by atoms with Gasteiger partial charge in [0, 0.05) is 23.6 Å². The molecule has 0 aliphatic heterocycles. The molecule has 1 amide bonds. The fourth-order valence-electron chi connectivity index (χ4n) is 3.14. The molecule has 0 bridgehead atoms. The van der Waals surface area contributed by atoms with E-state index in [1.54, 1.807) is 37.6 Å². The molecule has 0 aliphatic carbocycles. The van der Waals surface area contributed by atoms with Gasteiger partial charge >= 0.3 is 0 Å². The molecule has 0 saturated carbocycles. The highest BCUT2D eigenvalue weighted by Gasteiger charge is 2.18. The number of hydrogen-bond donors (Lipinski definition) is 2. The smallest absolute Gasteiger partial charge is 0.242 e. The van der Waals surface area contributed by atoms with Crippen LogP contribution in [-0.2, 0) is 4.79 Å². The van der Waals surface area contributed by atoms with Crippen LogP contribution in [0.15, 0.2) is 48.9 Å². The maximum Gasteiger partial charge on any atom is 0.242 e. The second-order valence-corrected chi connectivity index (χ2v) is 6.89. The Morgan fingerprint density at radius 3 is 2.70 bits per heavy atom. The summed E-state index contributed by atoms with van der Waals surface area (Å²) in [6.07, 6.45) is 4.73. The van der Waals surface area contributed by atoms with Crippen molar-refractivity contribution in [2.75, 3.05) is 5.32 Å². The number of pyridine rings is 2. The number of hydrogen-bond acceptors (Lipinski definition) is 5. The fraction of sp³-hybridized carbons (Fsp3) is 0.143. The predicted molar refractivity (Wildman–Crippen MR) is 109 cm³/mol. The molecule has 0 fully saturated rings. The molecule has 1 unspecified atom stereocenters. The Hall–Kier alpha value is -3.88. The van der Waals surface area contributed by atoms with Crippen LogP contribution in [0.25, 0.3) is 22.3 Å². The zero-order valence-corrected chi connectivity index (χ0v) is 16.2. The van der Waals surface area contributed by atoms with Gasteiger partial charge in [-0.05, 0) is 49.7 Å². The molecule has 9 heteroatoms. The number of nitrogens with zero attached hydrogens (tertiary/aromatic N) is 4. The second kappa shape index (κ2) is 7.51. The van der Waals surface area contributed by atoms with Crippen LogP contribution in [0.3, 0.4) is 0 Å². The summed E-state index contributed by atoms with van der Waals surface area (Å²) >= 11 is 0. The molecule has 4 aromatic rings. The number of carbonyl (C=O) groups excluding carboxylic acids is 1. The van der Waals surface area contributed by atoms with Crippen LogP contribution >= 0.6 is 0 Å². The summed E-state index contributed by atoms with van der Waals surface area (Å²) in [4.78, 5) is 20.2. The van der Waals surface area contributed by atoms with E-state index in [0.29, 0.717) is 22.4 Å². The molecule has 3 N–H and O–H groups in total. The number of nitrogens with one attached hydrogen (secondary N) is 1. The predicted octanol–water partition coefficient (Wildman–Crippen LogP) is 3.87. The van der Waals surface area contributed by atoms with Gasteiger partial charge in [-0.25, -0.2) is 13.5 Å². The van der Waals surface area contributed by atoms with Crippen LogP contribution in [0.2, 0.25) is 0 Å². The van der Waals surface area contributed by atoms with Gasteiger partial charge in [-0.1, -0.05) is 0 Å². The minimum atomic E-state index is -0.678. The third-order valence-corrected chi connectivity index (χ3v) is 4.84. The topological polar surface area (TPSA) is 98.7 Å². The number of carbonyl (C=O) groups is 1.